The van der Waals surface area contributed by atoms with Crippen LogP contribution in [0.5, 0.6) is 0 Å². The molecule has 1 N–H and O–H groups in total. The van der Waals surface area contributed by atoms with E-state index in [9.17, 15) is 0 Å². The monoisotopic (exact) mass is 352 g/mol. The molecule has 0 amide bonds. The summed E-state index contributed by atoms with van der Waals surface area (Å²) >= 11 is 5.98. The van der Waals surface area contributed by atoms with E-state index in [0.717, 1.165) is 5.11 Å². The lowest BCUT2D eigenvalue weighted by Gasteiger charge is -2.45. The molecule has 0 saturated heterocycles. The molecule has 0 radical (unpaired) electrons. The fraction of sp³-hybridized carbons (Fsp3) is 0.952. The van der Waals surface area contributed by atoms with Gasteiger partial charge in [-0.1, -0.05) is 64.7 Å². The molecule has 2 rings (SSSR count). The van der Waals surface area contributed by atoms with E-state index in [1.807, 2.05) is 0 Å². The molecule has 2 aliphatic rings. The van der Waals surface area contributed by atoms with Crippen molar-refractivity contribution < 1.29 is 0 Å². The van der Waals surface area contributed by atoms with Crippen LogP contribution in [0.25, 0.3) is 0 Å². The summed E-state index contributed by atoms with van der Waals surface area (Å²) in [5.74, 6) is 0. The highest BCUT2D eigenvalue weighted by Crippen LogP contribution is 2.31. The Labute approximate surface area is 156 Å². The summed E-state index contributed by atoms with van der Waals surface area (Å²) < 4.78 is 0. The predicted octanol–water partition coefficient (Wildman–Crippen LogP) is 6.19. The maximum Gasteiger partial charge on any atom is 0.169 e. The minimum Gasteiger partial charge on any atom is -0.358 e. The van der Waals surface area contributed by atoms with Crippen LogP contribution in [0.1, 0.15) is 111 Å². The average Bonchev–Trinajstić information content (AvgIpc) is 2.56. The topological polar surface area (TPSA) is 15.3 Å². The second kappa shape index (κ2) is 9.99. The molecule has 0 aliphatic heterocycles. The molecule has 0 aromatic heterocycles. The van der Waals surface area contributed by atoms with Gasteiger partial charge in [-0.25, -0.2) is 0 Å². The third-order valence-corrected chi connectivity index (χ3v) is 6.33. The summed E-state index contributed by atoms with van der Waals surface area (Å²) in [5, 5.41) is 4.82. The largest absolute Gasteiger partial charge is 0.358 e. The first-order valence-electron chi connectivity index (χ1n) is 10.6. The van der Waals surface area contributed by atoms with Gasteiger partial charge in [-0.2, -0.15) is 0 Å². The smallest absolute Gasteiger partial charge is 0.169 e. The highest BCUT2D eigenvalue weighted by Gasteiger charge is 2.32. The first kappa shape index (κ1) is 20.0. The van der Waals surface area contributed by atoms with Crippen molar-refractivity contribution in [3.8, 4) is 0 Å². The van der Waals surface area contributed by atoms with Crippen LogP contribution in [0.2, 0.25) is 0 Å². The summed E-state index contributed by atoms with van der Waals surface area (Å²) in [5.41, 5.74) is 0.119. The van der Waals surface area contributed by atoms with Crippen LogP contribution in [0.4, 0.5) is 0 Å². The van der Waals surface area contributed by atoms with Gasteiger partial charge < -0.3 is 10.2 Å². The van der Waals surface area contributed by atoms with Gasteiger partial charge in [0, 0.05) is 17.6 Å². The van der Waals surface area contributed by atoms with Gasteiger partial charge in [-0.05, 0) is 58.2 Å². The molecule has 0 atom stereocenters. The zero-order valence-electron chi connectivity index (χ0n) is 16.4. The van der Waals surface area contributed by atoms with Gasteiger partial charge in [0.15, 0.2) is 5.11 Å². The first-order chi connectivity index (χ1) is 11.5. The molecule has 0 aromatic carbocycles. The minimum absolute atomic E-state index is 0.119. The van der Waals surface area contributed by atoms with Crippen molar-refractivity contribution in [1.82, 2.24) is 10.2 Å². The van der Waals surface area contributed by atoms with Gasteiger partial charge in [0.25, 0.3) is 0 Å². The average molecular weight is 353 g/mol. The second-order valence-electron chi connectivity index (χ2n) is 8.76. The van der Waals surface area contributed by atoms with Crippen molar-refractivity contribution in [2.75, 3.05) is 0 Å². The molecule has 2 aliphatic carbocycles. The van der Waals surface area contributed by atoms with Crippen LogP contribution < -0.4 is 5.32 Å². The third kappa shape index (κ3) is 6.20. The van der Waals surface area contributed by atoms with E-state index in [1.54, 1.807) is 0 Å². The number of thiocarbonyl (C=S) groups is 1. The lowest BCUT2D eigenvalue weighted by molar-refractivity contribution is 0.152. The van der Waals surface area contributed by atoms with E-state index in [2.05, 4.69) is 31.0 Å². The standard InChI is InChI=1S/C21H40N2S/c1-4-5-12-17-21(2,3)22-20(24)23(18-13-8-6-9-14-18)19-15-10-7-11-16-19/h18-19H,4-17H2,1-3H3,(H,22,24). The van der Waals surface area contributed by atoms with Crippen molar-refractivity contribution in [2.24, 2.45) is 0 Å². The number of unbranched alkanes of at least 4 members (excludes halogenated alkanes) is 2. The Morgan fingerprint density at radius 1 is 0.917 bits per heavy atom. The molecule has 2 fully saturated rings. The molecule has 2 saturated carbocycles. The predicted molar refractivity (Wildman–Crippen MR) is 110 cm³/mol. The van der Waals surface area contributed by atoms with Crippen LogP contribution >= 0.6 is 12.2 Å². The SMILES string of the molecule is CCCCCC(C)(C)NC(=S)N(C1CCCCC1)C1CCCCC1. The van der Waals surface area contributed by atoms with E-state index in [-0.39, 0.29) is 5.54 Å². The van der Waals surface area contributed by atoms with E-state index >= 15 is 0 Å². The number of hydrogen-bond acceptors (Lipinski definition) is 1. The number of rotatable bonds is 7. The van der Waals surface area contributed by atoms with Gasteiger partial charge in [0.1, 0.15) is 0 Å². The minimum atomic E-state index is 0.119. The van der Waals surface area contributed by atoms with Crippen LogP contribution in [0.15, 0.2) is 0 Å². The van der Waals surface area contributed by atoms with Crippen LogP contribution in [-0.2, 0) is 0 Å². The highest BCUT2D eigenvalue weighted by molar-refractivity contribution is 7.80. The first-order valence-corrected chi connectivity index (χ1v) is 11.0. The molecule has 0 unspecified atom stereocenters. The van der Waals surface area contributed by atoms with E-state index in [4.69, 9.17) is 12.2 Å². The van der Waals surface area contributed by atoms with Crippen LogP contribution in [0.3, 0.4) is 0 Å². The second-order valence-corrected chi connectivity index (χ2v) is 9.15. The van der Waals surface area contributed by atoms with Crippen molar-refractivity contribution in [1.29, 1.82) is 0 Å². The molecule has 0 bridgehead atoms. The lowest BCUT2D eigenvalue weighted by Crippen LogP contribution is -2.57. The summed E-state index contributed by atoms with van der Waals surface area (Å²) in [7, 11) is 0. The molecule has 3 heteroatoms. The van der Waals surface area contributed by atoms with Crippen molar-refractivity contribution in [3.63, 3.8) is 0 Å². The summed E-state index contributed by atoms with van der Waals surface area (Å²) in [6, 6.07) is 1.38. The fourth-order valence-electron chi connectivity index (χ4n) is 4.58. The van der Waals surface area contributed by atoms with Crippen molar-refractivity contribution in [2.45, 2.75) is 128 Å². The van der Waals surface area contributed by atoms with Gasteiger partial charge >= 0.3 is 0 Å². The van der Waals surface area contributed by atoms with Crippen molar-refractivity contribution >= 4 is 17.3 Å². The van der Waals surface area contributed by atoms with Gasteiger partial charge in [0.2, 0.25) is 0 Å². The summed E-state index contributed by atoms with van der Waals surface area (Å²) in [4.78, 5) is 2.66. The highest BCUT2D eigenvalue weighted by atomic mass is 32.1. The number of nitrogens with zero attached hydrogens (tertiary/aromatic N) is 1. The zero-order chi connectivity index (χ0) is 17.4. The lowest BCUT2D eigenvalue weighted by atomic mass is 9.89. The molecular weight excluding hydrogens is 312 g/mol. The Morgan fingerprint density at radius 2 is 1.42 bits per heavy atom. The number of hydrogen-bond donors (Lipinski definition) is 1. The van der Waals surface area contributed by atoms with Gasteiger partial charge in [0.05, 0.1) is 0 Å². The molecule has 2 nitrogen and oxygen atoms in total. The third-order valence-electron chi connectivity index (χ3n) is 6.02. The van der Waals surface area contributed by atoms with E-state index in [1.165, 1.54) is 89.9 Å². The van der Waals surface area contributed by atoms with Crippen molar-refractivity contribution in [3.05, 3.63) is 0 Å². The normalized spacial score (nSPS) is 20.8. The fourth-order valence-corrected chi connectivity index (χ4v) is 5.16. The summed E-state index contributed by atoms with van der Waals surface area (Å²) in [6.07, 6.45) is 18.9. The van der Waals surface area contributed by atoms with Gasteiger partial charge in [-0.15, -0.1) is 0 Å². The Kier molecular flexibility index (Phi) is 8.33. The molecule has 0 aromatic rings. The molecule has 24 heavy (non-hydrogen) atoms. The van der Waals surface area contributed by atoms with Crippen LogP contribution in [0, 0.1) is 0 Å². The Bertz CT molecular complexity index is 350. The maximum atomic E-state index is 5.98. The molecule has 0 heterocycles. The molecular formula is C21H40N2S. The van der Waals surface area contributed by atoms with E-state index in [0.29, 0.717) is 12.1 Å². The van der Waals surface area contributed by atoms with E-state index < -0.39 is 0 Å². The Morgan fingerprint density at radius 3 is 1.88 bits per heavy atom. The quantitative estimate of drug-likeness (QED) is 0.434. The summed E-state index contributed by atoms with van der Waals surface area (Å²) in [6.45, 7) is 6.93. The number of nitrogens with one attached hydrogen (secondary N) is 1. The van der Waals surface area contributed by atoms with Crippen LogP contribution in [-0.4, -0.2) is 27.6 Å². The molecule has 140 valence electrons. The van der Waals surface area contributed by atoms with Gasteiger partial charge in [-0.3, -0.25) is 0 Å². The molecule has 0 spiro atoms. The Hall–Kier alpha value is -0.310. The Balaban J connectivity index is 2.00. The maximum absolute atomic E-state index is 5.98. The zero-order valence-corrected chi connectivity index (χ0v) is 17.2.